The zero-order chi connectivity index (χ0) is 10.1. The van der Waals surface area contributed by atoms with Gasteiger partial charge in [-0.25, -0.2) is 0 Å². The number of rotatable bonds is 1. The van der Waals surface area contributed by atoms with Crippen molar-refractivity contribution in [2.75, 3.05) is 0 Å². The van der Waals surface area contributed by atoms with Gasteiger partial charge in [0.2, 0.25) is 0 Å². The van der Waals surface area contributed by atoms with Gasteiger partial charge in [0.1, 0.15) is 0 Å². The van der Waals surface area contributed by atoms with Gasteiger partial charge in [0, 0.05) is 0 Å². The summed E-state index contributed by atoms with van der Waals surface area (Å²) >= 11 is 6.34. The molecule has 0 amide bonds. The fourth-order valence-corrected chi connectivity index (χ4v) is 2.59. The van der Waals surface area contributed by atoms with Crippen molar-refractivity contribution < 1.29 is 0 Å². The Morgan fingerprint density at radius 1 is 1.29 bits per heavy atom. The lowest BCUT2D eigenvalue weighted by Crippen LogP contribution is -2.09. The van der Waals surface area contributed by atoms with E-state index < -0.39 is 0 Å². The summed E-state index contributed by atoms with van der Waals surface area (Å²) in [5.41, 5.74) is 4.25. The van der Waals surface area contributed by atoms with Crippen LogP contribution in [0.2, 0.25) is 0 Å². The first-order valence-electron chi connectivity index (χ1n) is 5.49. The van der Waals surface area contributed by atoms with Gasteiger partial charge in [0.05, 0.1) is 5.38 Å². The van der Waals surface area contributed by atoms with E-state index in [0.29, 0.717) is 5.92 Å². The molecule has 2 unspecified atom stereocenters. The largest absolute Gasteiger partial charge is 0.118 e. The van der Waals surface area contributed by atoms with E-state index in [1.165, 1.54) is 23.1 Å². The van der Waals surface area contributed by atoms with E-state index >= 15 is 0 Å². The number of hydrogen-bond acceptors (Lipinski definition) is 0. The number of aryl methyl sites for hydroxylation is 1. The second-order valence-electron chi connectivity index (χ2n) is 4.26. The predicted molar refractivity (Wildman–Crippen MR) is 62.1 cm³/mol. The van der Waals surface area contributed by atoms with Gasteiger partial charge >= 0.3 is 0 Å². The van der Waals surface area contributed by atoms with Crippen molar-refractivity contribution in [1.82, 2.24) is 0 Å². The van der Waals surface area contributed by atoms with Gasteiger partial charge < -0.3 is 0 Å². The van der Waals surface area contributed by atoms with Gasteiger partial charge in [-0.05, 0) is 41.9 Å². The van der Waals surface area contributed by atoms with E-state index in [1.807, 2.05) is 0 Å². The van der Waals surface area contributed by atoms with E-state index in [1.54, 1.807) is 0 Å². The molecule has 1 aliphatic rings. The zero-order valence-electron chi connectivity index (χ0n) is 8.89. The van der Waals surface area contributed by atoms with Crippen LogP contribution in [0.15, 0.2) is 18.2 Å². The number of benzene rings is 1. The topological polar surface area (TPSA) is 0 Å². The summed E-state index contributed by atoms with van der Waals surface area (Å²) < 4.78 is 0. The zero-order valence-corrected chi connectivity index (χ0v) is 9.64. The lowest BCUT2D eigenvalue weighted by molar-refractivity contribution is 0.578. The van der Waals surface area contributed by atoms with E-state index in [4.69, 9.17) is 11.6 Å². The first kappa shape index (κ1) is 10.0. The Bertz CT molecular complexity index is 330. The summed E-state index contributed by atoms with van der Waals surface area (Å²) in [6.45, 7) is 4.49. The molecule has 0 saturated heterocycles. The van der Waals surface area contributed by atoms with Crippen LogP contribution >= 0.6 is 11.6 Å². The second kappa shape index (κ2) is 3.94. The third-order valence-electron chi connectivity index (χ3n) is 3.28. The van der Waals surface area contributed by atoms with Crippen LogP contribution in [0.3, 0.4) is 0 Å². The lowest BCUT2D eigenvalue weighted by Gasteiger charge is -2.26. The molecule has 1 aromatic rings. The Balaban J connectivity index is 2.45. The van der Waals surface area contributed by atoms with E-state index in [0.717, 1.165) is 12.8 Å². The molecule has 0 saturated carbocycles. The average molecular weight is 209 g/mol. The maximum atomic E-state index is 6.34. The van der Waals surface area contributed by atoms with Crippen LogP contribution in [0.1, 0.15) is 54.7 Å². The molecule has 0 spiro atoms. The SMILES string of the molecule is CCc1ccc2c(c1)C(Cl)CCC2C. The van der Waals surface area contributed by atoms with Crippen molar-refractivity contribution in [3.8, 4) is 0 Å². The summed E-state index contributed by atoms with van der Waals surface area (Å²) in [5.74, 6) is 0.686. The number of halogens is 1. The van der Waals surface area contributed by atoms with Gasteiger partial charge in [-0.15, -0.1) is 11.6 Å². The van der Waals surface area contributed by atoms with Gasteiger partial charge in [-0.2, -0.15) is 0 Å². The Labute approximate surface area is 91.3 Å². The molecule has 2 rings (SSSR count). The Morgan fingerprint density at radius 2 is 2.07 bits per heavy atom. The molecule has 14 heavy (non-hydrogen) atoms. The highest BCUT2D eigenvalue weighted by Crippen LogP contribution is 2.40. The normalized spacial score (nSPS) is 25.9. The molecule has 0 radical (unpaired) electrons. The number of hydrogen-bond donors (Lipinski definition) is 0. The Hall–Kier alpha value is -0.490. The lowest BCUT2D eigenvalue weighted by atomic mass is 9.83. The molecule has 0 nitrogen and oxygen atoms in total. The number of fused-ring (bicyclic) bond motifs is 1. The van der Waals surface area contributed by atoms with Crippen molar-refractivity contribution in [1.29, 1.82) is 0 Å². The minimum atomic E-state index is 0.243. The summed E-state index contributed by atoms with van der Waals surface area (Å²) in [4.78, 5) is 0. The molecule has 1 aliphatic carbocycles. The molecular formula is C13H17Cl. The van der Waals surface area contributed by atoms with E-state index in [2.05, 4.69) is 32.0 Å². The van der Waals surface area contributed by atoms with Crippen molar-refractivity contribution >= 4 is 11.6 Å². The minimum Gasteiger partial charge on any atom is -0.118 e. The predicted octanol–water partition coefficient (Wildman–Crippen LogP) is 4.43. The molecule has 1 heteroatoms. The van der Waals surface area contributed by atoms with Gasteiger partial charge in [0.15, 0.2) is 0 Å². The second-order valence-corrected chi connectivity index (χ2v) is 4.79. The van der Waals surface area contributed by atoms with E-state index in [9.17, 15) is 0 Å². The van der Waals surface area contributed by atoms with Crippen molar-refractivity contribution in [2.45, 2.75) is 44.4 Å². The molecule has 0 bridgehead atoms. The highest BCUT2D eigenvalue weighted by Gasteiger charge is 2.22. The van der Waals surface area contributed by atoms with Crippen LogP contribution in [-0.4, -0.2) is 0 Å². The molecule has 0 aliphatic heterocycles. The van der Waals surface area contributed by atoms with Crippen LogP contribution in [0.4, 0.5) is 0 Å². The maximum absolute atomic E-state index is 6.34. The van der Waals surface area contributed by atoms with Crippen molar-refractivity contribution in [2.24, 2.45) is 0 Å². The quantitative estimate of drug-likeness (QED) is 0.600. The first-order chi connectivity index (χ1) is 6.72. The van der Waals surface area contributed by atoms with Crippen molar-refractivity contribution in [3.05, 3.63) is 34.9 Å². The highest BCUT2D eigenvalue weighted by atomic mass is 35.5. The van der Waals surface area contributed by atoms with Crippen LogP contribution in [0, 0.1) is 0 Å². The smallest absolute Gasteiger partial charge is 0.0588 e. The van der Waals surface area contributed by atoms with E-state index in [-0.39, 0.29) is 5.38 Å². The average Bonchev–Trinajstić information content (AvgIpc) is 2.23. The van der Waals surface area contributed by atoms with Gasteiger partial charge in [-0.3, -0.25) is 0 Å². The summed E-state index contributed by atoms with van der Waals surface area (Å²) in [6.07, 6.45) is 3.46. The maximum Gasteiger partial charge on any atom is 0.0588 e. The Morgan fingerprint density at radius 3 is 2.79 bits per heavy atom. The molecule has 1 aromatic carbocycles. The van der Waals surface area contributed by atoms with Gasteiger partial charge in [-0.1, -0.05) is 32.0 Å². The van der Waals surface area contributed by atoms with Crippen LogP contribution in [0.5, 0.6) is 0 Å². The molecule has 0 N–H and O–H groups in total. The molecule has 76 valence electrons. The molecular weight excluding hydrogens is 192 g/mol. The number of alkyl halides is 1. The molecule has 0 fully saturated rings. The van der Waals surface area contributed by atoms with Crippen molar-refractivity contribution in [3.63, 3.8) is 0 Å². The summed E-state index contributed by atoms with van der Waals surface area (Å²) in [6, 6.07) is 6.81. The standard InChI is InChI=1S/C13H17Cl/c1-3-10-5-6-11-9(2)4-7-13(14)12(11)8-10/h5-6,8-9,13H,3-4,7H2,1-2H3. The Kier molecular flexibility index (Phi) is 2.83. The fourth-order valence-electron chi connectivity index (χ4n) is 2.27. The minimum absolute atomic E-state index is 0.243. The van der Waals surface area contributed by atoms with Crippen LogP contribution < -0.4 is 0 Å². The van der Waals surface area contributed by atoms with Gasteiger partial charge in [0.25, 0.3) is 0 Å². The summed E-state index contributed by atoms with van der Waals surface area (Å²) in [7, 11) is 0. The fraction of sp³-hybridized carbons (Fsp3) is 0.538. The van der Waals surface area contributed by atoms with Crippen LogP contribution in [-0.2, 0) is 6.42 Å². The third kappa shape index (κ3) is 1.68. The third-order valence-corrected chi connectivity index (χ3v) is 3.73. The highest BCUT2D eigenvalue weighted by molar-refractivity contribution is 6.21. The summed E-state index contributed by atoms with van der Waals surface area (Å²) in [5, 5.41) is 0.243. The van der Waals surface area contributed by atoms with Crippen LogP contribution in [0.25, 0.3) is 0 Å². The molecule has 0 heterocycles. The molecule has 2 atom stereocenters. The first-order valence-corrected chi connectivity index (χ1v) is 5.92. The molecule has 0 aromatic heterocycles. The monoisotopic (exact) mass is 208 g/mol.